The molecule has 0 N–H and O–H groups in total. The van der Waals surface area contributed by atoms with Gasteiger partial charge < -0.3 is 0 Å². The highest BCUT2D eigenvalue weighted by atomic mass is 35.5. The Morgan fingerprint density at radius 2 is 2.00 bits per heavy atom. The Morgan fingerprint density at radius 3 is 2.36 bits per heavy atom. The highest BCUT2D eigenvalue weighted by Gasteiger charge is 2.06. The van der Waals surface area contributed by atoms with Gasteiger partial charge in [0.25, 0.3) is 0 Å². The predicted molar refractivity (Wildman–Crippen MR) is 52.9 cm³/mol. The second kappa shape index (κ2) is 5.62. The van der Waals surface area contributed by atoms with Crippen molar-refractivity contribution in [3.05, 3.63) is 12.2 Å². The number of halogens is 2. The van der Waals surface area contributed by atoms with Crippen molar-refractivity contribution in [1.82, 2.24) is 0 Å². The summed E-state index contributed by atoms with van der Waals surface area (Å²) >= 11 is 11.5. The van der Waals surface area contributed by atoms with Crippen LogP contribution in [0.1, 0.15) is 20.8 Å². The Labute approximate surface area is 78.1 Å². The molecule has 0 bridgehead atoms. The number of rotatable bonds is 3. The Balaban J connectivity index is 4.07. The van der Waals surface area contributed by atoms with Crippen molar-refractivity contribution in [1.29, 1.82) is 0 Å². The molecular weight excluding hydrogens is 181 g/mol. The number of allylic oxidation sites excluding steroid dienone is 2. The maximum atomic E-state index is 5.78. The van der Waals surface area contributed by atoms with Gasteiger partial charge >= 0.3 is 0 Å². The van der Waals surface area contributed by atoms with Crippen molar-refractivity contribution in [2.24, 2.45) is 4.99 Å². The van der Waals surface area contributed by atoms with Crippen molar-refractivity contribution < 1.29 is 0 Å². The molecule has 1 nitrogen and oxygen atoms in total. The normalized spacial score (nSPS) is 18.8. The first-order chi connectivity index (χ1) is 5.07. The molecule has 0 aromatic rings. The molecule has 0 amide bonds. The van der Waals surface area contributed by atoms with E-state index in [4.69, 9.17) is 23.2 Å². The summed E-state index contributed by atoms with van der Waals surface area (Å²) in [4.78, 5) is 4.13. The lowest BCUT2D eigenvalue weighted by Gasteiger charge is -2.07. The third-order valence-electron chi connectivity index (χ3n) is 1.30. The number of aliphatic imine (C=N–C) groups is 1. The van der Waals surface area contributed by atoms with E-state index < -0.39 is 0 Å². The second-order valence-corrected chi connectivity index (χ2v) is 3.45. The van der Waals surface area contributed by atoms with Crippen LogP contribution in [0.25, 0.3) is 0 Å². The molecule has 0 heterocycles. The van der Waals surface area contributed by atoms with Gasteiger partial charge in [-0.1, -0.05) is 17.7 Å². The van der Waals surface area contributed by atoms with E-state index in [1.807, 2.05) is 26.8 Å². The van der Waals surface area contributed by atoms with Crippen LogP contribution in [0.3, 0.4) is 0 Å². The van der Waals surface area contributed by atoms with E-state index in [2.05, 4.69) is 4.99 Å². The van der Waals surface area contributed by atoms with Gasteiger partial charge in [-0.2, -0.15) is 0 Å². The first-order valence-corrected chi connectivity index (χ1v) is 4.39. The predicted octanol–water partition coefficient (Wildman–Crippen LogP) is 3.22. The van der Waals surface area contributed by atoms with Gasteiger partial charge in [0.15, 0.2) is 0 Å². The molecule has 0 rings (SSSR count). The van der Waals surface area contributed by atoms with Crippen LogP contribution >= 0.6 is 23.2 Å². The van der Waals surface area contributed by atoms with E-state index in [9.17, 15) is 0 Å². The molecular formula is C8H13Cl2N. The van der Waals surface area contributed by atoms with Gasteiger partial charge in [-0.25, -0.2) is 0 Å². The van der Waals surface area contributed by atoms with E-state index in [1.54, 1.807) is 6.08 Å². The molecule has 0 aliphatic carbocycles. The van der Waals surface area contributed by atoms with Crippen molar-refractivity contribution in [2.45, 2.75) is 32.2 Å². The number of hydrogen-bond acceptors (Lipinski definition) is 1. The van der Waals surface area contributed by atoms with E-state index in [0.29, 0.717) is 5.17 Å². The summed E-state index contributed by atoms with van der Waals surface area (Å²) in [5, 5.41) is 0.529. The Bertz CT molecular complexity index is 161. The third kappa shape index (κ3) is 5.28. The average molecular weight is 194 g/mol. The quantitative estimate of drug-likeness (QED) is 0.483. The minimum absolute atomic E-state index is 0.0222. The average Bonchev–Trinajstić information content (AvgIpc) is 1.87. The van der Waals surface area contributed by atoms with Crippen molar-refractivity contribution in [3.63, 3.8) is 0 Å². The number of hydrogen-bond donors (Lipinski definition) is 0. The lowest BCUT2D eigenvalue weighted by molar-refractivity contribution is 0.728. The van der Waals surface area contributed by atoms with Crippen LogP contribution in [-0.2, 0) is 0 Å². The molecule has 0 saturated heterocycles. The van der Waals surface area contributed by atoms with Gasteiger partial charge in [0.1, 0.15) is 5.17 Å². The SMILES string of the molecule is C/C=C\C(Cl)=N[C@H](C)C(C)Cl. The van der Waals surface area contributed by atoms with E-state index in [1.165, 1.54) is 0 Å². The topological polar surface area (TPSA) is 12.4 Å². The summed E-state index contributed by atoms with van der Waals surface area (Å²) in [6.07, 6.45) is 3.59. The van der Waals surface area contributed by atoms with Gasteiger partial charge in [-0.15, -0.1) is 11.6 Å². The summed E-state index contributed by atoms with van der Waals surface area (Å²) in [5.41, 5.74) is 0. The minimum Gasteiger partial charge on any atom is -0.269 e. The molecule has 0 spiro atoms. The summed E-state index contributed by atoms with van der Waals surface area (Å²) < 4.78 is 0. The third-order valence-corrected chi connectivity index (χ3v) is 1.88. The van der Waals surface area contributed by atoms with Gasteiger partial charge in [-0.05, 0) is 26.8 Å². The summed E-state index contributed by atoms with van der Waals surface area (Å²) in [6, 6.07) is 0.0698. The van der Waals surface area contributed by atoms with E-state index >= 15 is 0 Å². The molecule has 0 radical (unpaired) electrons. The van der Waals surface area contributed by atoms with Gasteiger partial charge in [0, 0.05) is 0 Å². The zero-order chi connectivity index (χ0) is 8.85. The highest BCUT2D eigenvalue weighted by Crippen LogP contribution is 2.06. The van der Waals surface area contributed by atoms with Crippen LogP contribution in [0.15, 0.2) is 17.1 Å². The zero-order valence-electron chi connectivity index (χ0n) is 7.01. The molecule has 0 aliphatic rings. The molecule has 0 aliphatic heterocycles. The Morgan fingerprint density at radius 1 is 1.45 bits per heavy atom. The van der Waals surface area contributed by atoms with Crippen LogP contribution in [-0.4, -0.2) is 16.6 Å². The van der Waals surface area contributed by atoms with Crippen molar-refractivity contribution in [3.8, 4) is 0 Å². The van der Waals surface area contributed by atoms with E-state index in [-0.39, 0.29) is 11.4 Å². The minimum atomic E-state index is 0.0222. The highest BCUT2D eigenvalue weighted by molar-refractivity contribution is 6.68. The fraction of sp³-hybridized carbons (Fsp3) is 0.625. The summed E-state index contributed by atoms with van der Waals surface area (Å²) in [6.45, 7) is 5.73. The second-order valence-electron chi connectivity index (χ2n) is 2.37. The first kappa shape index (κ1) is 11.0. The smallest absolute Gasteiger partial charge is 0.123 e. The molecule has 3 heteroatoms. The monoisotopic (exact) mass is 193 g/mol. The molecule has 0 fully saturated rings. The first-order valence-electron chi connectivity index (χ1n) is 3.58. The van der Waals surface area contributed by atoms with Gasteiger partial charge in [-0.3, -0.25) is 4.99 Å². The Hall–Kier alpha value is -0.0100. The summed E-state index contributed by atoms with van der Waals surface area (Å²) in [7, 11) is 0. The van der Waals surface area contributed by atoms with Crippen LogP contribution < -0.4 is 0 Å². The van der Waals surface area contributed by atoms with Crippen LogP contribution in [0.5, 0.6) is 0 Å². The maximum Gasteiger partial charge on any atom is 0.123 e. The van der Waals surface area contributed by atoms with Crippen molar-refractivity contribution >= 4 is 28.4 Å². The molecule has 0 aromatic heterocycles. The Kier molecular flexibility index (Phi) is 5.61. The zero-order valence-corrected chi connectivity index (χ0v) is 8.52. The van der Waals surface area contributed by atoms with Gasteiger partial charge in [0.05, 0.1) is 11.4 Å². The van der Waals surface area contributed by atoms with Gasteiger partial charge in [0.2, 0.25) is 0 Å². The van der Waals surface area contributed by atoms with Crippen LogP contribution in [0, 0.1) is 0 Å². The lowest BCUT2D eigenvalue weighted by atomic mass is 10.3. The molecule has 2 atom stereocenters. The molecule has 11 heavy (non-hydrogen) atoms. The maximum absolute atomic E-state index is 5.78. The molecule has 0 saturated carbocycles. The fourth-order valence-corrected chi connectivity index (χ4v) is 0.814. The molecule has 0 aromatic carbocycles. The van der Waals surface area contributed by atoms with Crippen LogP contribution in [0.4, 0.5) is 0 Å². The number of alkyl halides is 1. The number of nitrogens with zero attached hydrogens (tertiary/aromatic N) is 1. The molecule has 1 unspecified atom stereocenters. The standard InChI is InChI=1S/C8H13Cl2N/c1-4-5-8(10)11-7(3)6(2)9/h4-7H,1-3H3/b5-4-,11-8?/t6?,7-/m1/s1. The van der Waals surface area contributed by atoms with E-state index in [0.717, 1.165) is 0 Å². The van der Waals surface area contributed by atoms with Crippen molar-refractivity contribution in [2.75, 3.05) is 0 Å². The lowest BCUT2D eigenvalue weighted by Crippen LogP contribution is -2.11. The fourth-order valence-electron chi connectivity index (χ4n) is 0.478. The molecule has 64 valence electrons. The van der Waals surface area contributed by atoms with Crippen LogP contribution in [0.2, 0.25) is 0 Å². The summed E-state index contributed by atoms with van der Waals surface area (Å²) in [5.74, 6) is 0. The largest absolute Gasteiger partial charge is 0.269 e.